The van der Waals surface area contributed by atoms with E-state index in [1.165, 1.54) is 4.90 Å². The van der Waals surface area contributed by atoms with Gasteiger partial charge in [0.2, 0.25) is 0 Å². The van der Waals surface area contributed by atoms with Crippen molar-refractivity contribution in [3.05, 3.63) is 82.3 Å². The van der Waals surface area contributed by atoms with Crippen LogP contribution in [0.5, 0.6) is 5.75 Å². The molecule has 0 aliphatic carbocycles. The van der Waals surface area contributed by atoms with E-state index in [4.69, 9.17) is 4.74 Å². The summed E-state index contributed by atoms with van der Waals surface area (Å²) in [6, 6.07) is 17.6. The lowest BCUT2D eigenvalue weighted by Crippen LogP contribution is -2.39. The van der Waals surface area contributed by atoms with Crippen LogP contribution in [0.25, 0.3) is 22.2 Å². The third kappa shape index (κ3) is 7.66. The fourth-order valence-corrected chi connectivity index (χ4v) is 5.46. The van der Waals surface area contributed by atoms with Crippen LogP contribution < -0.4 is 20.5 Å². The first-order valence-corrected chi connectivity index (χ1v) is 15.9. The van der Waals surface area contributed by atoms with Gasteiger partial charge >= 0.3 is 6.03 Å². The number of likely N-dealkylation sites (N-methyl/N-ethyl adjacent to an activating group) is 1. The number of hydrogen-bond donors (Lipinski definition) is 2. The molecule has 0 fully saturated rings. The maximum Gasteiger partial charge on any atom is 0.326 e. The summed E-state index contributed by atoms with van der Waals surface area (Å²) in [5, 5.41) is 4.00. The Morgan fingerprint density at radius 3 is 2.25 bits per heavy atom. The summed E-state index contributed by atoms with van der Waals surface area (Å²) in [6.07, 6.45) is 2.33. The molecule has 234 valence electrons. The van der Waals surface area contributed by atoms with Crippen LogP contribution in [0.3, 0.4) is 0 Å². The van der Waals surface area contributed by atoms with Crippen molar-refractivity contribution in [3.8, 4) is 16.9 Å². The summed E-state index contributed by atoms with van der Waals surface area (Å²) in [4.78, 5) is 38.0. The lowest BCUT2D eigenvalue weighted by atomic mass is 9.88. The van der Waals surface area contributed by atoms with Gasteiger partial charge in [0.1, 0.15) is 23.7 Å². The molecule has 0 saturated heterocycles. The van der Waals surface area contributed by atoms with Crippen molar-refractivity contribution < 1.29 is 9.53 Å². The number of hydrogen-bond acceptors (Lipinski definition) is 5. The average Bonchev–Trinajstić information content (AvgIpc) is 3.01. The molecule has 2 heterocycles. The second-order valence-electron chi connectivity index (χ2n) is 11.7. The van der Waals surface area contributed by atoms with E-state index in [9.17, 15) is 9.59 Å². The van der Waals surface area contributed by atoms with Gasteiger partial charge in [-0.25, -0.2) is 9.78 Å². The third-order valence-corrected chi connectivity index (χ3v) is 7.99. The van der Waals surface area contributed by atoms with Crippen LogP contribution in [0, 0.1) is 0 Å². The summed E-state index contributed by atoms with van der Waals surface area (Å²) in [7, 11) is 0. The largest absolute Gasteiger partial charge is 0.492 e. The highest BCUT2D eigenvalue weighted by Gasteiger charge is 2.24. The number of rotatable bonds is 13. The summed E-state index contributed by atoms with van der Waals surface area (Å²) >= 11 is 0. The summed E-state index contributed by atoms with van der Waals surface area (Å²) in [5.41, 5.74) is 5.48. The molecular weight excluding hydrogens is 550 g/mol. The SMILES string of the molecule is CCCN(C(=O)Nc1c(C(C)C)cc(-c2cccc(OCCN(CC)CC)c2)cc1C(C)C)c1cc2cccnc2[nH]c1=O. The first-order chi connectivity index (χ1) is 21.2. The minimum absolute atomic E-state index is 0.144. The van der Waals surface area contributed by atoms with Crippen LogP contribution in [-0.4, -0.2) is 53.7 Å². The molecule has 0 spiro atoms. The summed E-state index contributed by atoms with van der Waals surface area (Å²) < 4.78 is 6.13. The molecule has 4 aromatic rings. The number of amides is 2. The number of fused-ring (bicyclic) bond motifs is 1. The molecule has 0 saturated carbocycles. The van der Waals surface area contributed by atoms with Gasteiger partial charge in [-0.2, -0.15) is 0 Å². The Morgan fingerprint density at radius 2 is 1.61 bits per heavy atom. The number of H-pyrrole nitrogens is 1. The number of aromatic nitrogens is 2. The minimum Gasteiger partial charge on any atom is -0.492 e. The number of urea groups is 1. The molecule has 0 bridgehead atoms. The highest BCUT2D eigenvalue weighted by atomic mass is 16.5. The Bertz CT molecular complexity index is 1590. The Labute approximate surface area is 261 Å². The molecule has 2 amide bonds. The van der Waals surface area contributed by atoms with E-state index in [-0.39, 0.29) is 23.4 Å². The summed E-state index contributed by atoms with van der Waals surface area (Å²) in [6.45, 7) is 18.8. The summed E-state index contributed by atoms with van der Waals surface area (Å²) in [5.74, 6) is 1.13. The molecule has 4 rings (SSSR count). The van der Waals surface area contributed by atoms with E-state index >= 15 is 0 Å². The maximum absolute atomic E-state index is 14.0. The predicted molar refractivity (Wildman–Crippen MR) is 182 cm³/mol. The molecule has 0 aliphatic heterocycles. The number of nitrogens with one attached hydrogen (secondary N) is 2. The van der Waals surface area contributed by atoms with Gasteiger partial charge in [-0.3, -0.25) is 9.69 Å². The molecule has 8 heteroatoms. The molecule has 44 heavy (non-hydrogen) atoms. The number of pyridine rings is 2. The zero-order valence-electron chi connectivity index (χ0n) is 27.2. The molecule has 0 unspecified atom stereocenters. The molecule has 2 aromatic carbocycles. The van der Waals surface area contributed by atoms with Crippen LogP contribution in [0.4, 0.5) is 16.2 Å². The van der Waals surface area contributed by atoms with Crippen LogP contribution >= 0.6 is 0 Å². The monoisotopic (exact) mass is 597 g/mol. The Kier molecular flexibility index (Phi) is 11.2. The Balaban J connectivity index is 1.69. The van der Waals surface area contributed by atoms with Gasteiger partial charge in [0, 0.05) is 30.4 Å². The van der Waals surface area contributed by atoms with Crippen molar-refractivity contribution in [1.82, 2.24) is 14.9 Å². The first kappa shape index (κ1) is 32.7. The van der Waals surface area contributed by atoms with E-state index in [1.54, 1.807) is 12.3 Å². The van der Waals surface area contributed by atoms with Crippen LogP contribution in [-0.2, 0) is 0 Å². The lowest BCUT2D eigenvalue weighted by molar-refractivity contribution is 0.223. The molecule has 0 aliphatic rings. The number of ether oxygens (including phenoxy) is 1. The van der Waals surface area contributed by atoms with Gasteiger partial charge in [0.15, 0.2) is 0 Å². The van der Waals surface area contributed by atoms with Crippen LogP contribution in [0.15, 0.2) is 65.6 Å². The fraction of sp³-hybridized carbons (Fsp3) is 0.417. The highest BCUT2D eigenvalue weighted by Crippen LogP contribution is 2.38. The number of benzene rings is 2. The van der Waals surface area contributed by atoms with Gasteiger partial charge < -0.3 is 19.9 Å². The van der Waals surface area contributed by atoms with E-state index in [0.717, 1.165) is 58.7 Å². The van der Waals surface area contributed by atoms with Crippen LogP contribution in [0.1, 0.15) is 77.8 Å². The quantitative estimate of drug-likeness (QED) is 0.163. The zero-order valence-corrected chi connectivity index (χ0v) is 27.2. The van der Waals surface area contributed by atoms with Crippen molar-refractivity contribution in [2.75, 3.05) is 43.0 Å². The Morgan fingerprint density at radius 1 is 0.909 bits per heavy atom. The van der Waals surface area contributed by atoms with Crippen molar-refractivity contribution in [2.45, 2.75) is 66.7 Å². The number of anilines is 2. The van der Waals surface area contributed by atoms with Gasteiger partial charge in [-0.1, -0.05) is 60.6 Å². The van der Waals surface area contributed by atoms with Crippen molar-refractivity contribution >= 4 is 28.4 Å². The van der Waals surface area contributed by atoms with E-state index < -0.39 is 0 Å². The van der Waals surface area contributed by atoms with Gasteiger partial charge in [-0.15, -0.1) is 0 Å². The molecule has 0 radical (unpaired) electrons. The van der Waals surface area contributed by atoms with Crippen molar-refractivity contribution in [3.63, 3.8) is 0 Å². The van der Waals surface area contributed by atoms with Gasteiger partial charge in [0.05, 0.1) is 0 Å². The zero-order chi connectivity index (χ0) is 31.8. The average molecular weight is 598 g/mol. The first-order valence-electron chi connectivity index (χ1n) is 15.9. The molecular formula is C36H47N5O3. The van der Waals surface area contributed by atoms with Crippen LogP contribution in [0.2, 0.25) is 0 Å². The van der Waals surface area contributed by atoms with E-state index in [1.807, 2.05) is 31.2 Å². The highest BCUT2D eigenvalue weighted by molar-refractivity contribution is 6.03. The fourth-order valence-electron chi connectivity index (χ4n) is 5.46. The second kappa shape index (κ2) is 15.0. The third-order valence-electron chi connectivity index (χ3n) is 7.99. The van der Waals surface area contributed by atoms with Gasteiger partial charge in [0.25, 0.3) is 5.56 Å². The molecule has 8 nitrogen and oxygen atoms in total. The normalized spacial score (nSPS) is 11.5. The minimum atomic E-state index is -0.345. The molecule has 2 N–H and O–H groups in total. The topological polar surface area (TPSA) is 90.6 Å². The van der Waals surface area contributed by atoms with Gasteiger partial charge in [-0.05, 0) is 96.1 Å². The number of aromatic amines is 1. The Hall–Kier alpha value is -4.17. The standard InChI is InChI=1S/C36H47N5O3/c1-8-17-41(32-23-27-14-12-16-37-34(27)39-35(32)42)36(43)38-33-30(24(4)5)21-28(22-31(33)25(6)7)26-13-11-15-29(20-26)44-19-18-40(9-2)10-3/h11-16,20-25H,8-10,17-19H2,1-7H3,(H,38,43)(H,37,39,42). The predicted octanol–water partition coefficient (Wildman–Crippen LogP) is 8.01. The number of nitrogens with zero attached hydrogens (tertiary/aromatic N) is 3. The molecule has 0 atom stereocenters. The lowest BCUT2D eigenvalue weighted by Gasteiger charge is -2.26. The smallest absolute Gasteiger partial charge is 0.326 e. The number of carbonyl (C=O) groups is 1. The molecule has 2 aromatic heterocycles. The van der Waals surface area contributed by atoms with Crippen molar-refractivity contribution in [2.24, 2.45) is 0 Å². The van der Waals surface area contributed by atoms with E-state index in [2.05, 4.69) is 86.0 Å². The van der Waals surface area contributed by atoms with Crippen molar-refractivity contribution in [1.29, 1.82) is 0 Å². The van der Waals surface area contributed by atoms with E-state index in [0.29, 0.717) is 30.9 Å². The maximum atomic E-state index is 14.0. The second-order valence-corrected chi connectivity index (χ2v) is 11.7. The number of carbonyl (C=O) groups excluding carboxylic acids is 1.